The van der Waals surface area contributed by atoms with Crippen LogP contribution in [0.3, 0.4) is 0 Å². The summed E-state index contributed by atoms with van der Waals surface area (Å²) in [6.07, 6.45) is -11.1. The zero-order valence-corrected chi connectivity index (χ0v) is 13.0. The van der Waals surface area contributed by atoms with Crippen molar-refractivity contribution >= 4 is 31.8 Å². The van der Waals surface area contributed by atoms with E-state index in [1.807, 2.05) is 0 Å². The average molecular weight is 381 g/mol. The Kier molecular flexibility index (Phi) is 6.27. The maximum Gasteiger partial charge on any atom is 0.432 e. The molecule has 1 aromatic carbocycles. The Labute approximate surface area is 142 Å². The van der Waals surface area contributed by atoms with E-state index < -0.39 is 39.2 Å². The molecule has 0 aliphatic rings. The van der Waals surface area contributed by atoms with Gasteiger partial charge in [-0.15, -0.1) is 0 Å². The molecule has 0 aromatic heterocycles. The van der Waals surface area contributed by atoms with Crippen molar-refractivity contribution in [2.24, 2.45) is 0 Å². The van der Waals surface area contributed by atoms with Crippen LogP contribution >= 0.6 is 0 Å². The van der Waals surface area contributed by atoms with Gasteiger partial charge in [0.1, 0.15) is 0 Å². The summed E-state index contributed by atoms with van der Waals surface area (Å²) >= 11 is 0. The highest BCUT2D eigenvalue weighted by molar-refractivity contribution is 7.86. The number of esters is 1. The molecule has 1 unspecified atom stereocenters. The van der Waals surface area contributed by atoms with Gasteiger partial charge >= 0.3 is 17.4 Å². The van der Waals surface area contributed by atoms with Crippen LogP contribution in [0.5, 0.6) is 0 Å². The monoisotopic (exact) mass is 381 g/mol. The Morgan fingerprint density at radius 1 is 1.16 bits per heavy atom. The number of alkyl halides is 5. The summed E-state index contributed by atoms with van der Waals surface area (Å²) in [5.74, 6) is -1.93. The molecule has 1 atom stereocenters. The predicted octanol–water partition coefficient (Wildman–Crippen LogP) is 1.25. The van der Waals surface area contributed by atoms with Gasteiger partial charge in [0.05, 0.1) is 21.3 Å². The number of halogens is 5. The molecular weight excluding hydrogens is 373 g/mol. The third-order valence-electron chi connectivity index (χ3n) is 3.08. The Morgan fingerprint density at radius 2 is 1.72 bits per heavy atom. The van der Waals surface area contributed by atoms with E-state index in [0.717, 1.165) is 6.07 Å². The molecule has 0 saturated heterocycles. The van der Waals surface area contributed by atoms with Crippen molar-refractivity contribution in [3.63, 3.8) is 0 Å². The van der Waals surface area contributed by atoms with E-state index in [1.54, 1.807) is 0 Å². The van der Waals surface area contributed by atoms with Gasteiger partial charge in [-0.3, -0.25) is 0 Å². The van der Waals surface area contributed by atoms with Gasteiger partial charge in [-0.2, -0.15) is 22.0 Å². The first-order valence-corrected chi connectivity index (χ1v) is 7.80. The maximum absolute atomic E-state index is 13.4. The summed E-state index contributed by atoms with van der Waals surface area (Å²) in [5.41, 5.74) is -0.438. The van der Waals surface area contributed by atoms with E-state index >= 15 is 0 Å². The van der Waals surface area contributed by atoms with Gasteiger partial charge in [-0.1, -0.05) is 30.3 Å². The van der Waals surface area contributed by atoms with E-state index in [4.69, 9.17) is 15.7 Å². The fraction of sp³-hybridized carbons (Fsp3) is 0.417. The molecular formula is C12H8B2F5O5S-. The highest BCUT2D eigenvalue weighted by atomic mass is 32.2. The third-order valence-corrected chi connectivity index (χ3v) is 3.96. The molecule has 25 heavy (non-hydrogen) atoms. The lowest BCUT2D eigenvalue weighted by molar-refractivity contribution is -0.248. The van der Waals surface area contributed by atoms with Gasteiger partial charge in [-0.05, 0) is 11.6 Å². The molecule has 0 aliphatic heterocycles. The number of ether oxygens (including phenoxy) is 1. The van der Waals surface area contributed by atoms with Crippen LogP contribution in [0.1, 0.15) is 21.5 Å². The van der Waals surface area contributed by atoms with E-state index in [9.17, 15) is 39.7 Å². The molecule has 0 bridgehead atoms. The van der Waals surface area contributed by atoms with Crippen LogP contribution < -0.4 is 0 Å². The molecule has 13 heteroatoms. The molecule has 0 fully saturated rings. The first-order chi connectivity index (χ1) is 11.3. The Bertz CT molecular complexity index is 751. The maximum atomic E-state index is 13.4. The lowest BCUT2D eigenvalue weighted by Crippen LogP contribution is -2.52. The first kappa shape index (κ1) is 21.4. The molecule has 1 aromatic rings. The summed E-state index contributed by atoms with van der Waals surface area (Å²) in [6.45, 7) is 0. The largest absolute Gasteiger partial charge is 0.743 e. The van der Waals surface area contributed by atoms with Gasteiger partial charge in [0, 0.05) is 0 Å². The Morgan fingerprint density at radius 3 is 2.12 bits per heavy atom. The molecule has 134 valence electrons. The minimum absolute atomic E-state index is 0.0655. The Hall–Kier alpha value is -1.62. The summed E-state index contributed by atoms with van der Waals surface area (Å²) < 4.78 is 99.9. The van der Waals surface area contributed by atoms with Crippen LogP contribution in [0.4, 0.5) is 22.0 Å². The second kappa shape index (κ2) is 7.32. The van der Waals surface area contributed by atoms with Crippen LogP contribution in [0.15, 0.2) is 18.2 Å². The normalized spacial score (nSPS) is 14.2. The lowest BCUT2D eigenvalue weighted by Gasteiger charge is -2.30. The Balaban J connectivity index is 3.35. The molecule has 0 amide bonds. The van der Waals surface area contributed by atoms with E-state index in [-0.39, 0.29) is 23.8 Å². The number of hydrogen-bond donors (Lipinski definition) is 0. The van der Waals surface area contributed by atoms with Crippen molar-refractivity contribution in [2.75, 3.05) is 0 Å². The van der Waals surface area contributed by atoms with Crippen molar-refractivity contribution in [1.29, 1.82) is 0 Å². The van der Waals surface area contributed by atoms with Crippen molar-refractivity contribution < 1.29 is 44.5 Å². The molecule has 0 aliphatic carbocycles. The van der Waals surface area contributed by atoms with Gasteiger partial charge in [0.2, 0.25) is 0 Å². The molecule has 1 rings (SSSR count). The zero-order valence-electron chi connectivity index (χ0n) is 12.2. The molecule has 0 heterocycles. The summed E-state index contributed by atoms with van der Waals surface area (Å²) in [4.78, 5) is 11.9. The second-order valence-electron chi connectivity index (χ2n) is 4.69. The van der Waals surface area contributed by atoms with Gasteiger partial charge in [0.25, 0.3) is 6.10 Å². The summed E-state index contributed by atoms with van der Waals surface area (Å²) in [5, 5.41) is -5.92. The molecule has 0 spiro atoms. The number of rotatable bonds is 6. The van der Waals surface area contributed by atoms with Crippen molar-refractivity contribution in [1.82, 2.24) is 0 Å². The highest BCUT2D eigenvalue weighted by Crippen LogP contribution is 2.38. The van der Waals surface area contributed by atoms with Crippen LogP contribution in [-0.2, 0) is 27.5 Å². The number of hydrogen-bond acceptors (Lipinski definition) is 5. The second-order valence-corrected chi connectivity index (χ2v) is 6.15. The SMILES string of the molecule is [B]Cc1cccc(C(=O)OC(C(F)(F)F)C(F)(F)S(=O)(=O)[O-])c1C[B]. The summed E-state index contributed by atoms with van der Waals surface area (Å²) in [7, 11) is 3.95. The van der Waals surface area contributed by atoms with E-state index in [2.05, 4.69) is 4.74 Å². The fourth-order valence-corrected chi connectivity index (χ4v) is 2.33. The van der Waals surface area contributed by atoms with Crippen molar-refractivity contribution in [2.45, 2.75) is 30.2 Å². The predicted molar refractivity (Wildman–Crippen MR) is 75.3 cm³/mol. The van der Waals surface area contributed by atoms with Crippen LogP contribution in [0, 0.1) is 0 Å². The number of carbonyl (C=O) groups is 1. The highest BCUT2D eigenvalue weighted by Gasteiger charge is 2.63. The molecule has 0 N–H and O–H groups in total. The van der Waals surface area contributed by atoms with Crippen LogP contribution in [0.2, 0.25) is 0 Å². The molecule has 5 nitrogen and oxygen atoms in total. The van der Waals surface area contributed by atoms with E-state index in [0.29, 0.717) is 0 Å². The first-order valence-electron chi connectivity index (χ1n) is 6.39. The minimum atomic E-state index is -6.77. The van der Waals surface area contributed by atoms with E-state index in [1.165, 1.54) is 12.1 Å². The average Bonchev–Trinajstić information content (AvgIpc) is 2.48. The van der Waals surface area contributed by atoms with Crippen LogP contribution in [-0.4, -0.2) is 52.2 Å². The number of carbonyl (C=O) groups excluding carboxylic acids is 1. The quantitative estimate of drug-likeness (QED) is 0.321. The topological polar surface area (TPSA) is 83.5 Å². The smallest absolute Gasteiger partial charge is 0.432 e. The standard InChI is InChI=1S/C12H9B2F5O5S/c13-4-6-2-1-3-7(8(6)5-14)9(20)24-10(11(15,16)17)12(18,19)25(21,22)23/h1-3,10H,4-5H2,(H,21,22,23)/p-1. The summed E-state index contributed by atoms with van der Waals surface area (Å²) in [6, 6.07) is 3.50. The number of benzene rings is 1. The molecule has 0 saturated carbocycles. The van der Waals surface area contributed by atoms with Gasteiger partial charge in [-0.25, -0.2) is 13.2 Å². The van der Waals surface area contributed by atoms with Crippen molar-refractivity contribution in [3.8, 4) is 0 Å². The lowest BCUT2D eigenvalue weighted by atomic mass is 9.84. The minimum Gasteiger partial charge on any atom is -0.743 e. The fourth-order valence-electron chi connectivity index (χ4n) is 1.89. The van der Waals surface area contributed by atoms with Crippen LogP contribution in [0.25, 0.3) is 0 Å². The van der Waals surface area contributed by atoms with Gasteiger partial charge in [0.15, 0.2) is 10.1 Å². The van der Waals surface area contributed by atoms with Gasteiger partial charge < -0.3 is 9.29 Å². The van der Waals surface area contributed by atoms with Crippen molar-refractivity contribution in [3.05, 3.63) is 34.9 Å². The third kappa shape index (κ3) is 4.51. The molecule has 4 radical (unpaired) electrons. The zero-order chi connectivity index (χ0) is 19.6.